The smallest absolute Gasteiger partial charge is 0.196 e. The number of carbonyl (C=O) groups excluding carboxylic acids is 2. The molecule has 3 aromatic rings. The number of fused-ring (bicyclic) bond motifs is 5. The quantitative estimate of drug-likeness (QED) is 0.495. The van der Waals surface area contributed by atoms with E-state index in [9.17, 15) is 9.59 Å². The molecular weight excluding hydrogens is 298 g/mol. The summed E-state index contributed by atoms with van der Waals surface area (Å²) in [5.74, 6) is 0.0271. The first-order chi connectivity index (χ1) is 11.7. The predicted octanol–water partition coefficient (Wildman–Crippen LogP) is 3.78. The summed E-state index contributed by atoms with van der Waals surface area (Å²) in [7, 11) is 0. The molecule has 5 rings (SSSR count). The minimum atomic E-state index is -0.0432. The van der Waals surface area contributed by atoms with E-state index < -0.39 is 0 Å². The molecule has 1 atom stereocenters. The average molecular weight is 313 g/mol. The van der Waals surface area contributed by atoms with Crippen LogP contribution in [0.2, 0.25) is 0 Å². The lowest BCUT2D eigenvalue weighted by atomic mass is 9.81. The van der Waals surface area contributed by atoms with Crippen LogP contribution in [0.15, 0.2) is 54.7 Å². The minimum absolute atomic E-state index is 0.0276. The summed E-state index contributed by atoms with van der Waals surface area (Å²) in [5, 5.41) is 0. The second kappa shape index (κ2) is 4.54. The standard InChI is InChI=1S/C21H15NO2/c1-12-14-7-3-2-6-13(14)10-22-11-17-18(19(12)22)21(24)16-9-5-4-8-15(16)20(17)23/h2-9,11-12H,10H2,1H3. The van der Waals surface area contributed by atoms with Gasteiger partial charge < -0.3 is 4.57 Å². The van der Waals surface area contributed by atoms with Crippen LogP contribution in [0.25, 0.3) is 0 Å². The van der Waals surface area contributed by atoms with E-state index in [0.717, 1.165) is 5.69 Å². The molecule has 0 radical (unpaired) electrons. The van der Waals surface area contributed by atoms with Crippen molar-refractivity contribution < 1.29 is 9.59 Å². The van der Waals surface area contributed by atoms with Gasteiger partial charge in [0.15, 0.2) is 11.6 Å². The molecule has 2 heterocycles. The number of hydrogen-bond acceptors (Lipinski definition) is 2. The van der Waals surface area contributed by atoms with E-state index in [-0.39, 0.29) is 17.5 Å². The number of benzene rings is 2. The van der Waals surface area contributed by atoms with E-state index in [1.165, 1.54) is 11.1 Å². The van der Waals surface area contributed by atoms with Crippen molar-refractivity contribution in [1.82, 2.24) is 4.57 Å². The fourth-order valence-electron chi connectivity index (χ4n) is 4.17. The molecule has 24 heavy (non-hydrogen) atoms. The Morgan fingerprint density at radius 3 is 2.33 bits per heavy atom. The van der Waals surface area contributed by atoms with Crippen LogP contribution in [-0.2, 0) is 6.54 Å². The monoisotopic (exact) mass is 313 g/mol. The van der Waals surface area contributed by atoms with Crippen molar-refractivity contribution in [2.24, 2.45) is 0 Å². The summed E-state index contributed by atoms with van der Waals surface area (Å²) in [4.78, 5) is 26.0. The maximum atomic E-state index is 13.1. The summed E-state index contributed by atoms with van der Waals surface area (Å²) in [6.07, 6.45) is 1.87. The van der Waals surface area contributed by atoms with Crippen molar-refractivity contribution in [2.45, 2.75) is 19.4 Å². The van der Waals surface area contributed by atoms with Gasteiger partial charge in [-0.25, -0.2) is 0 Å². The fourth-order valence-corrected chi connectivity index (χ4v) is 4.17. The summed E-state index contributed by atoms with van der Waals surface area (Å²) in [6, 6.07) is 15.4. The highest BCUT2D eigenvalue weighted by Gasteiger charge is 2.37. The molecule has 2 aliphatic rings. The fraction of sp³-hybridized carbons (Fsp3) is 0.143. The van der Waals surface area contributed by atoms with Crippen LogP contribution in [0.3, 0.4) is 0 Å². The van der Waals surface area contributed by atoms with E-state index in [0.29, 0.717) is 28.8 Å². The van der Waals surface area contributed by atoms with E-state index in [4.69, 9.17) is 0 Å². The van der Waals surface area contributed by atoms with Crippen LogP contribution in [0.1, 0.15) is 61.5 Å². The number of hydrogen-bond donors (Lipinski definition) is 0. The second-order valence-electron chi connectivity index (χ2n) is 6.56. The summed E-state index contributed by atoms with van der Waals surface area (Å²) in [5.41, 5.74) is 5.65. The minimum Gasteiger partial charge on any atom is -0.345 e. The molecule has 0 N–H and O–H groups in total. The summed E-state index contributed by atoms with van der Waals surface area (Å²) < 4.78 is 2.08. The zero-order chi connectivity index (χ0) is 16.4. The Bertz CT molecular complexity index is 1040. The number of nitrogens with zero attached hydrogens (tertiary/aromatic N) is 1. The molecule has 116 valence electrons. The van der Waals surface area contributed by atoms with Crippen molar-refractivity contribution in [3.63, 3.8) is 0 Å². The van der Waals surface area contributed by atoms with Gasteiger partial charge in [0.25, 0.3) is 0 Å². The zero-order valence-electron chi connectivity index (χ0n) is 13.2. The highest BCUT2D eigenvalue weighted by Crippen LogP contribution is 2.40. The molecule has 3 nitrogen and oxygen atoms in total. The SMILES string of the molecule is CC1c2ccccc2Cn2cc3c(c21)C(=O)c1ccccc1C3=O. The molecule has 3 heteroatoms. The second-order valence-corrected chi connectivity index (χ2v) is 6.56. The van der Waals surface area contributed by atoms with E-state index in [1.807, 2.05) is 30.5 Å². The first kappa shape index (κ1) is 13.5. The lowest BCUT2D eigenvalue weighted by Gasteiger charge is -2.26. The van der Waals surface area contributed by atoms with Gasteiger partial charge in [-0.15, -0.1) is 0 Å². The molecule has 1 aliphatic heterocycles. The predicted molar refractivity (Wildman–Crippen MR) is 90.8 cm³/mol. The Morgan fingerprint density at radius 1 is 0.875 bits per heavy atom. The van der Waals surface area contributed by atoms with Gasteiger partial charge in [-0.3, -0.25) is 9.59 Å². The van der Waals surface area contributed by atoms with Gasteiger partial charge >= 0.3 is 0 Å². The number of ketones is 2. The van der Waals surface area contributed by atoms with Crippen molar-refractivity contribution in [3.8, 4) is 0 Å². The van der Waals surface area contributed by atoms with Crippen molar-refractivity contribution >= 4 is 11.6 Å². The van der Waals surface area contributed by atoms with Crippen LogP contribution < -0.4 is 0 Å². The van der Waals surface area contributed by atoms with Crippen LogP contribution in [0.4, 0.5) is 0 Å². The molecule has 0 spiro atoms. The molecule has 1 aliphatic carbocycles. The molecule has 0 bridgehead atoms. The number of rotatable bonds is 0. The topological polar surface area (TPSA) is 39.1 Å². The van der Waals surface area contributed by atoms with E-state index in [2.05, 4.69) is 23.6 Å². The lowest BCUT2D eigenvalue weighted by molar-refractivity contribution is 0.0979. The third-order valence-electron chi connectivity index (χ3n) is 5.28. The lowest BCUT2D eigenvalue weighted by Crippen LogP contribution is -2.22. The molecule has 1 aromatic heterocycles. The third-order valence-corrected chi connectivity index (χ3v) is 5.28. The van der Waals surface area contributed by atoms with Crippen molar-refractivity contribution in [2.75, 3.05) is 0 Å². The Hall–Kier alpha value is -2.94. The Balaban J connectivity index is 1.78. The highest BCUT2D eigenvalue weighted by atomic mass is 16.1. The molecule has 2 aromatic carbocycles. The van der Waals surface area contributed by atoms with Gasteiger partial charge in [0, 0.05) is 35.5 Å². The first-order valence-corrected chi connectivity index (χ1v) is 8.16. The number of aromatic nitrogens is 1. The Morgan fingerprint density at radius 2 is 1.54 bits per heavy atom. The van der Waals surface area contributed by atoms with Gasteiger partial charge in [0.1, 0.15) is 0 Å². The Kier molecular flexibility index (Phi) is 2.55. The number of carbonyl (C=O) groups is 2. The maximum absolute atomic E-state index is 13.1. The molecule has 1 unspecified atom stereocenters. The molecule has 0 saturated heterocycles. The van der Waals surface area contributed by atoms with E-state index in [1.54, 1.807) is 12.1 Å². The van der Waals surface area contributed by atoms with Gasteiger partial charge in [-0.2, -0.15) is 0 Å². The molecule has 0 saturated carbocycles. The highest BCUT2D eigenvalue weighted by molar-refractivity contribution is 6.29. The normalized spacial score (nSPS) is 17.8. The van der Waals surface area contributed by atoms with Crippen molar-refractivity contribution in [1.29, 1.82) is 0 Å². The summed E-state index contributed by atoms with van der Waals surface area (Å²) >= 11 is 0. The van der Waals surface area contributed by atoms with Gasteiger partial charge in [-0.1, -0.05) is 55.5 Å². The van der Waals surface area contributed by atoms with Gasteiger partial charge in [0.2, 0.25) is 0 Å². The molecule has 0 amide bonds. The summed E-state index contributed by atoms with van der Waals surface area (Å²) in [6.45, 7) is 2.82. The van der Waals surface area contributed by atoms with Crippen LogP contribution >= 0.6 is 0 Å². The van der Waals surface area contributed by atoms with Crippen LogP contribution in [-0.4, -0.2) is 16.1 Å². The van der Waals surface area contributed by atoms with E-state index >= 15 is 0 Å². The first-order valence-electron chi connectivity index (χ1n) is 8.16. The molecule has 0 fully saturated rings. The van der Waals surface area contributed by atoms with Gasteiger partial charge in [0.05, 0.1) is 11.1 Å². The Labute approximate surface area is 139 Å². The van der Waals surface area contributed by atoms with Crippen LogP contribution in [0, 0.1) is 0 Å². The zero-order valence-corrected chi connectivity index (χ0v) is 13.2. The van der Waals surface area contributed by atoms with Gasteiger partial charge in [-0.05, 0) is 11.1 Å². The largest absolute Gasteiger partial charge is 0.345 e. The molecular formula is C21H15NO2. The van der Waals surface area contributed by atoms with Crippen molar-refractivity contribution in [3.05, 3.63) is 93.8 Å². The van der Waals surface area contributed by atoms with Crippen LogP contribution in [0.5, 0.6) is 0 Å². The average Bonchev–Trinajstić information content (AvgIpc) is 3.00. The maximum Gasteiger partial charge on any atom is 0.196 e. The third kappa shape index (κ3) is 1.56.